The number of carbonyl (C=O) groups is 3. The summed E-state index contributed by atoms with van der Waals surface area (Å²) in [5.74, 6) is -0.967. The van der Waals surface area contributed by atoms with Crippen LogP contribution in [0.2, 0.25) is 0 Å². The fourth-order valence-corrected chi connectivity index (χ4v) is 6.30. The molecule has 1 aromatic heterocycles. The van der Waals surface area contributed by atoms with Crippen molar-refractivity contribution in [1.29, 1.82) is 0 Å². The molecule has 11 nitrogen and oxygen atoms in total. The number of carbonyl (C=O) groups excluding carboxylic acids is 3. The molecule has 0 saturated carbocycles. The van der Waals surface area contributed by atoms with Crippen LogP contribution >= 0.6 is 11.3 Å². The predicted molar refractivity (Wildman–Crippen MR) is 146 cm³/mol. The zero-order valence-corrected chi connectivity index (χ0v) is 23.4. The maximum atomic E-state index is 13.7. The Morgan fingerprint density at radius 1 is 1.23 bits per heavy atom. The van der Waals surface area contributed by atoms with Gasteiger partial charge in [0.1, 0.15) is 24.8 Å². The number of likely N-dealkylation sites (N-methyl/N-ethyl adjacent to an activating group) is 1. The van der Waals surface area contributed by atoms with Gasteiger partial charge in [-0.25, -0.2) is 4.98 Å². The number of nitrogens with zero attached hydrogens (tertiary/aromatic N) is 5. The van der Waals surface area contributed by atoms with Gasteiger partial charge in [0.15, 0.2) is 17.0 Å². The van der Waals surface area contributed by atoms with Gasteiger partial charge in [0.25, 0.3) is 5.91 Å². The van der Waals surface area contributed by atoms with Crippen molar-refractivity contribution < 1.29 is 24.7 Å². The van der Waals surface area contributed by atoms with E-state index < -0.39 is 24.2 Å². The third kappa shape index (κ3) is 5.45. The minimum absolute atomic E-state index is 0.0618. The van der Waals surface area contributed by atoms with Crippen molar-refractivity contribution in [2.24, 2.45) is 11.0 Å². The summed E-state index contributed by atoms with van der Waals surface area (Å²) < 4.78 is 5.56. The number of aromatic nitrogens is 1. The number of benzene rings is 1. The third-order valence-corrected chi connectivity index (χ3v) is 9.01. The number of amides is 2. The molecular formula is C27H36N7O4S+. The Morgan fingerprint density at radius 2 is 1.95 bits per heavy atom. The molecule has 3 aliphatic heterocycles. The zero-order chi connectivity index (χ0) is 27.7. The molecule has 208 valence electrons. The molecular weight excluding hydrogens is 518 g/mol. The van der Waals surface area contributed by atoms with Gasteiger partial charge in [-0.15, -0.1) is 11.3 Å². The van der Waals surface area contributed by atoms with E-state index in [0.717, 1.165) is 42.6 Å². The molecule has 3 N–H and O–H groups in total. The van der Waals surface area contributed by atoms with Gasteiger partial charge in [-0.3, -0.25) is 14.4 Å². The number of thiazole rings is 1. The van der Waals surface area contributed by atoms with E-state index in [1.807, 2.05) is 31.4 Å². The number of rotatable bonds is 8. The standard InChI is InChI=1S/C27H35N7O4S/c1-4-16(2)22(26(37)34-13-19(31-28)24-23(34)21(35)14-38-24)30-25(36)18-7-5-17(6-8-18)20-15-39-27(29-20)33-11-9-32(3)10-12-33/h5-8,15-16,19,22-24,28H,4,9-14H2,1-3H3,(H,30,36)/p+1/t16?,19-,22+,23-,24-/m1/s1. The number of hydrogen-bond acceptors (Lipinski definition) is 9. The van der Waals surface area contributed by atoms with E-state index in [0.29, 0.717) is 12.0 Å². The summed E-state index contributed by atoms with van der Waals surface area (Å²) >= 11 is 1.63. The first kappa shape index (κ1) is 27.4. The highest BCUT2D eigenvalue weighted by Crippen LogP contribution is 2.31. The Hall–Kier alpha value is -3.22. The van der Waals surface area contributed by atoms with Crippen molar-refractivity contribution in [1.82, 2.24) is 20.1 Å². The highest BCUT2D eigenvalue weighted by molar-refractivity contribution is 7.14. The van der Waals surface area contributed by atoms with E-state index in [1.54, 1.807) is 23.5 Å². The number of nitrogens with one attached hydrogen (secondary N) is 1. The first-order valence-corrected chi connectivity index (χ1v) is 14.3. The molecule has 2 amide bonds. The summed E-state index contributed by atoms with van der Waals surface area (Å²) in [6.45, 7) is 7.96. The van der Waals surface area contributed by atoms with Crippen LogP contribution in [0.3, 0.4) is 0 Å². The van der Waals surface area contributed by atoms with E-state index in [1.165, 1.54) is 4.90 Å². The summed E-state index contributed by atoms with van der Waals surface area (Å²) in [5, 5.41) is 9.81. The largest absolute Gasteiger partial charge is 0.365 e. The maximum absolute atomic E-state index is 13.7. The number of ketones is 1. The van der Waals surface area contributed by atoms with Crippen LogP contribution < -0.4 is 15.7 Å². The average molecular weight is 555 g/mol. The lowest BCUT2D eigenvalue weighted by Gasteiger charge is -2.32. The Labute approximate surface area is 232 Å². The van der Waals surface area contributed by atoms with Crippen molar-refractivity contribution in [3.8, 4) is 11.3 Å². The molecule has 0 spiro atoms. The number of nitrogens with two attached hydrogens (primary N) is 1. The van der Waals surface area contributed by atoms with Crippen LogP contribution in [0.15, 0.2) is 34.8 Å². The normalized spacial score (nSPS) is 24.9. The van der Waals surface area contributed by atoms with Gasteiger partial charge in [-0.2, -0.15) is 5.53 Å². The average Bonchev–Trinajstić information content (AvgIpc) is 3.68. The summed E-state index contributed by atoms with van der Waals surface area (Å²) in [4.78, 5) is 50.3. The Kier molecular flexibility index (Phi) is 8.06. The SMILES string of the molecule is CCC(C)[C@H](NC(=O)c1ccc(-c2csc(N3CCN(C)CC3)n2)cc1)C(=O)N1C[C@@H](N=[NH2+])[C@H]2OCC(=O)[C@H]21. The van der Waals surface area contributed by atoms with Gasteiger partial charge in [0.2, 0.25) is 5.91 Å². The summed E-state index contributed by atoms with van der Waals surface area (Å²) in [7, 11) is 2.13. The molecule has 0 radical (unpaired) electrons. The molecule has 5 atom stereocenters. The topological polar surface area (TPSA) is 133 Å². The maximum Gasteiger partial charge on any atom is 0.251 e. The second-order valence-corrected chi connectivity index (χ2v) is 11.5. The summed E-state index contributed by atoms with van der Waals surface area (Å²) in [6.07, 6.45) is 0.140. The molecule has 1 unspecified atom stereocenters. The van der Waals surface area contributed by atoms with E-state index in [2.05, 4.69) is 27.3 Å². The molecule has 0 aliphatic carbocycles. The summed E-state index contributed by atoms with van der Waals surface area (Å²) in [5.41, 5.74) is 7.78. The zero-order valence-electron chi connectivity index (χ0n) is 22.6. The Bertz CT molecular complexity index is 1230. The van der Waals surface area contributed by atoms with Crippen LogP contribution in [0.4, 0.5) is 5.13 Å². The third-order valence-electron chi connectivity index (χ3n) is 8.11. The Morgan fingerprint density at radius 3 is 2.62 bits per heavy atom. The molecule has 39 heavy (non-hydrogen) atoms. The smallest absolute Gasteiger partial charge is 0.251 e. The number of hydrogen-bond donors (Lipinski definition) is 2. The number of piperazine rings is 1. The molecule has 1 aromatic carbocycles. The van der Waals surface area contributed by atoms with E-state index in [9.17, 15) is 14.4 Å². The van der Waals surface area contributed by atoms with Gasteiger partial charge in [-0.1, -0.05) is 32.4 Å². The van der Waals surface area contributed by atoms with E-state index in [4.69, 9.17) is 15.3 Å². The number of anilines is 1. The minimum Gasteiger partial charge on any atom is -0.365 e. The van der Waals surface area contributed by atoms with E-state index in [-0.39, 0.29) is 36.7 Å². The molecule has 12 heteroatoms. The second-order valence-electron chi connectivity index (χ2n) is 10.6. The lowest BCUT2D eigenvalue weighted by molar-refractivity contribution is -0.232. The van der Waals surface area contributed by atoms with Gasteiger partial charge < -0.3 is 24.8 Å². The van der Waals surface area contributed by atoms with Crippen LogP contribution in [0, 0.1) is 5.92 Å². The van der Waals surface area contributed by atoms with Crippen LogP contribution in [-0.2, 0) is 14.3 Å². The highest BCUT2D eigenvalue weighted by atomic mass is 32.1. The number of fused-ring (bicyclic) bond motifs is 1. The molecule has 3 fully saturated rings. The quantitative estimate of drug-likeness (QED) is 0.453. The van der Waals surface area contributed by atoms with Crippen molar-refractivity contribution in [3.05, 3.63) is 35.2 Å². The predicted octanol–water partition coefficient (Wildman–Crippen LogP) is 0.465. The summed E-state index contributed by atoms with van der Waals surface area (Å²) in [6, 6.07) is 5.29. The van der Waals surface area contributed by atoms with Gasteiger partial charge in [-0.05, 0) is 30.2 Å². The molecule has 3 aliphatic rings. The first-order chi connectivity index (χ1) is 18.8. The van der Waals surface area contributed by atoms with Gasteiger partial charge in [0.05, 0.1) is 12.2 Å². The minimum atomic E-state index is -0.794. The first-order valence-electron chi connectivity index (χ1n) is 13.5. The monoisotopic (exact) mass is 554 g/mol. The molecule has 3 saturated heterocycles. The fraction of sp³-hybridized carbons (Fsp3) is 0.556. The number of likely N-dealkylation sites (tertiary alicyclic amines) is 1. The second kappa shape index (κ2) is 11.5. The highest BCUT2D eigenvalue weighted by Gasteiger charge is 2.54. The van der Waals surface area contributed by atoms with Crippen molar-refractivity contribution in [2.75, 3.05) is 51.3 Å². The Balaban J connectivity index is 1.27. The molecule has 5 rings (SSSR count). The van der Waals surface area contributed by atoms with Crippen molar-refractivity contribution in [2.45, 2.75) is 44.5 Å². The molecule has 4 heterocycles. The van der Waals surface area contributed by atoms with Gasteiger partial charge in [0, 0.05) is 42.7 Å². The molecule has 2 aromatic rings. The number of Topliss-reactive ketones (excluding diaryl/α,β-unsaturated/α-hetero) is 1. The van der Waals surface area contributed by atoms with E-state index >= 15 is 0 Å². The van der Waals surface area contributed by atoms with Crippen LogP contribution in [0.1, 0.15) is 30.6 Å². The van der Waals surface area contributed by atoms with Crippen LogP contribution in [0.5, 0.6) is 0 Å². The van der Waals surface area contributed by atoms with Crippen LogP contribution in [0.25, 0.3) is 11.3 Å². The van der Waals surface area contributed by atoms with Gasteiger partial charge >= 0.3 is 0 Å². The number of ether oxygens (including phenoxy) is 1. The molecule has 0 bridgehead atoms. The lowest BCUT2D eigenvalue weighted by Crippen LogP contribution is -2.54. The fourth-order valence-electron chi connectivity index (χ4n) is 5.41. The van der Waals surface area contributed by atoms with Crippen molar-refractivity contribution in [3.63, 3.8) is 0 Å². The lowest BCUT2D eigenvalue weighted by atomic mass is 9.96. The van der Waals surface area contributed by atoms with Crippen molar-refractivity contribution >= 4 is 34.1 Å². The van der Waals surface area contributed by atoms with Crippen LogP contribution in [-0.4, -0.2) is 103 Å².